The number of amides is 1. The highest BCUT2D eigenvalue weighted by atomic mass is 79.9. The molecule has 1 aliphatic rings. The van der Waals surface area contributed by atoms with Crippen LogP contribution < -0.4 is 10.3 Å². The smallest absolute Gasteiger partial charge is 0.261 e. The predicted octanol–water partition coefficient (Wildman–Crippen LogP) is 3.38. The summed E-state index contributed by atoms with van der Waals surface area (Å²) in [6.07, 6.45) is 3.37. The van der Waals surface area contributed by atoms with E-state index in [2.05, 4.69) is 20.9 Å². The van der Waals surface area contributed by atoms with E-state index in [1.165, 1.54) is 10.9 Å². The maximum Gasteiger partial charge on any atom is 0.261 e. The van der Waals surface area contributed by atoms with Gasteiger partial charge in [-0.05, 0) is 48.7 Å². The van der Waals surface area contributed by atoms with Gasteiger partial charge in [0.15, 0.2) is 0 Å². The van der Waals surface area contributed by atoms with E-state index in [0.29, 0.717) is 24.0 Å². The van der Waals surface area contributed by atoms with Gasteiger partial charge in [0.05, 0.1) is 30.4 Å². The molecule has 0 radical (unpaired) electrons. The number of halogens is 1. The summed E-state index contributed by atoms with van der Waals surface area (Å²) in [5, 5.41) is 0.475. The molecule has 0 aliphatic carbocycles. The van der Waals surface area contributed by atoms with Gasteiger partial charge in [-0.2, -0.15) is 0 Å². The highest BCUT2D eigenvalue weighted by molar-refractivity contribution is 9.10. The molecule has 7 nitrogen and oxygen atoms in total. The molecule has 1 fully saturated rings. The Labute approximate surface area is 188 Å². The minimum absolute atomic E-state index is 0.0111. The third-order valence-corrected chi connectivity index (χ3v) is 5.89. The van der Waals surface area contributed by atoms with Crippen molar-refractivity contribution in [3.8, 4) is 5.75 Å². The summed E-state index contributed by atoms with van der Waals surface area (Å²) in [7, 11) is 1.62. The van der Waals surface area contributed by atoms with Crippen LogP contribution >= 0.6 is 15.9 Å². The maximum atomic E-state index is 13.3. The first-order chi connectivity index (χ1) is 15.0. The van der Waals surface area contributed by atoms with Gasteiger partial charge in [0.25, 0.3) is 5.56 Å². The van der Waals surface area contributed by atoms with E-state index in [1.54, 1.807) is 24.1 Å². The van der Waals surface area contributed by atoms with Crippen LogP contribution in [0.1, 0.15) is 18.4 Å². The number of methoxy groups -OCH3 is 1. The van der Waals surface area contributed by atoms with Crippen LogP contribution in [0, 0.1) is 0 Å². The van der Waals surface area contributed by atoms with E-state index in [9.17, 15) is 9.59 Å². The van der Waals surface area contributed by atoms with Crippen molar-refractivity contribution in [1.29, 1.82) is 0 Å². The fourth-order valence-electron chi connectivity index (χ4n) is 3.77. The minimum atomic E-state index is -0.238. The van der Waals surface area contributed by atoms with Crippen molar-refractivity contribution in [3.05, 3.63) is 69.2 Å². The minimum Gasteiger partial charge on any atom is -0.497 e. The lowest BCUT2D eigenvalue weighted by molar-refractivity contribution is -0.134. The van der Waals surface area contributed by atoms with E-state index < -0.39 is 0 Å². The number of hydrogen-bond donors (Lipinski definition) is 0. The fraction of sp³-hybridized carbons (Fsp3) is 0.348. The Morgan fingerprint density at radius 3 is 2.97 bits per heavy atom. The molecule has 2 aromatic carbocycles. The average molecular weight is 486 g/mol. The van der Waals surface area contributed by atoms with Gasteiger partial charge in [-0.15, -0.1) is 0 Å². The Morgan fingerprint density at radius 1 is 1.32 bits per heavy atom. The Bertz CT molecular complexity index is 1140. The molecule has 0 saturated carbocycles. The Kier molecular flexibility index (Phi) is 6.67. The number of benzene rings is 2. The molecule has 1 unspecified atom stereocenters. The topological polar surface area (TPSA) is 73.7 Å². The quantitative estimate of drug-likeness (QED) is 0.512. The van der Waals surface area contributed by atoms with E-state index in [4.69, 9.17) is 9.47 Å². The number of aromatic nitrogens is 2. The van der Waals surface area contributed by atoms with Gasteiger partial charge in [-0.3, -0.25) is 14.2 Å². The highest BCUT2D eigenvalue weighted by Crippen LogP contribution is 2.19. The molecule has 1 saturated heterocycles. The van der Waals surface area contributed by atoms with Crippen LogP contribution in [0.4, 0.5) is 0 Å². The number of carbonyl (C=O) groups excluding carboxylic acids is 1. The second-order valence-electron chi connectivity index (χ2n) is 7.60. The molecule has 162 valence electrons. The van der Waals surface area contributed by atoms with Crippen LogP contribution in [-0.2, 0) is 22.6 Å². The van der Waals surface area contributed by atoms with Crippen molar-refractivity contribution in [2.75, 3.05) is 20.3 Å². The van der Waals surface area contributed by atoms with Crippen LogP contribution in [0.5, 0.6) is 5.75 Å². The molecule has 0 bridgehead atoms. The van der Waals surface area contributed by atoms with E-state index in [1.807, 2.05) is 30.3 Å². The molecule has 3 aromatic rings. The Hall–Kier alpha value is -2.71. The monoisotopic (exact) mass is 485 g/mol. The van der Waals surface area contributed by atoms with Crippen LogP contribution in [0.3, 0.4) is 0 Å². The molecule has 1 aromatic heterocycles. The molecule has 0 N–H and O–H groups in total. The first kappa shape index (κ1) is 21.5. The molecule has 2 heterocycles. The molecular weight excluding hydrogens is 462 g/mol. The standard InChI is InChI=1S/C23H24BrN3O4/c1-30-18-5-2-4-16(10-18)12-26(13-19-6-3-9-31-19)22(28)14-27-15-25-21-8-7-17(24)11-20(21)23(27)29/h2,4-5,7-8,10-11,15,19H,3,6,9,12-14H2,1H3. The van der Waals surface area contributed by atoms with Crippen molar-refractivity contribution < 1.29 is 14.3 Å². The van der Waals surface area contributed by atoms with E-state index in [0.717, 1.165) is 35.2 Å². The van der Waals surface area contributed by atoms with E-state index >= 15 is 0 Å². The summed E-state index contributed by atoms with van der Waals surface area (Å²) in [5.41, 5.74) is 1.32. The zero-order valence-corrected chi connectivity index (χ0v) is 18.9. The largest absolute Gasteiger partial charge is 0.497 e. The number of fused-ring (bicyclic) bond motifs is 1. The van der Waals surface area contributed by atoms with Crippen molar-refractivity contribution in [2.45, 2.75) is 32.0 Å². The molecule has 1 amide bonds. The zero-order valence-electron chi connectivity index (χ0n) is 17.3. The van der Waals surface area contributed by atoms with Crippen LogP contribution in [0.2, 0.25) is 0 Å². The van der Waals surface area contributed by atoms with Crippen LogP contribution in [0.25, 0.3) is 10.9 Å². The summed E-state index contributed by atoms with van der Waals surface area (Å²) in [6.45, 7) is 1.54. The van der Waals surface area contributed by atoms with Gasteiger partial charge in [0, 0.05) is 24.2 Å². The number of hydrogen-bond acceptors (Lipinski definition) is 5. The summed E-state index contributed by atoms with van der Waals surface area (Å²) >= 11 is 3.39. The van der Waals surface area contributed by atoms with Gasteiger partial charge >= 0.3 is 0 Å². The molecule has 4 rings (SSSR count). The molecule has 0 spiro atoms. The fourth-order valence-corrected chi connectivity index (χ4v) is 4.13. The number of nitrogens with zero attached hydrogens (tertiary/aromatic N) is 3. The number of rotatable bonds is 7. The first-order valence-electron chi connectivity index (χ1n) is 10.2. The van der Waals surface area contributed by atoms with Crippen molar-refractivity contribution in [3.63, 3.8) is 0 Å². The number of carbonyl (C=O) groups is 1. The summed E-state index contributed by atoms with van der Waals surface area (Å²) in [6, 6.07) is 13.0. The Balaban J connectivity index is 1.58. The molecule has 31 heavy (non-hydrogen) atoms. The molecular formula is C23H24BrN3O4. The van der Waals surface area contributed by atoms with E-state index in [-0.39, 0.29) is 24.1 Å². The average Bonchev–Trinajstić information content (AvgIpc) is 3.29. The summed E-state index contributed by atoms with van der Waals surface area (Å²) in [4.78, 5) is 32.3. The molecule has 1 aliphatic heterocycles. The third-order valence-electron chi connectivity index (χ3n) is 5.40. The van der Waals surface area contributed by atoms with Crippen LogP contribution in [0.15, 0.2) is 58.1 Å². The lowest BCUT2D eigenvalue weighted by Crippen LogP contribution is -2.40. The van der Waals surface area contributed by atoms with Gasteiger partial charge in [-0.25, -0.2) is 4.98 Å². The molecule has 8 heteroatoms. The first-order valence-corrected chi connectivity index (χ1v) is 11.0. The lowest BCUT2D eigenvalue weighted by Gasteiger charge is -2.26. The van der Waals surface area contributed by atoms with Crippen LogP contribution in [-0.4, -0.2) is 46.7 Å². The van der Waals surface area contributed by atoms with Gasteiger partial charge in [0.1, 0.15) is 12.3 Å². The summed E-state index contributed by atoms with van der Waals surface area (Å²) in [5.74, 6) is 0.583. The third kappa shape index (κ3) is 5.14. The number of ether oxygens (including phenoxy) is 2. The molecule has 1 atom stereocenters. The predicted molar refractivity (Wildman–Crippen MR) is 121 cm³/mol. The summed E-state index contributed by atoms with van der Waals surface area (Å²) < 4.78 is 13.2. The highest BCUT2D eigenvalue weighted by Gasteiger charge is 2.23. The lowest BCUT2D eigenvalue weighted by atomic mass is 10.1. The Morgan fingerprint density at radius 2 is 2.19 bits per heavy atom. The van der Waals surface area contributed by atoms with Crippen molar-refractivity contribution in [2.24, 2.45) is 0 Å². The second-order valence-corrected chi connectivity index (χ2v) is 8.52. The SMILES string of the molecule is COc1cccc(CN(CC2CCCO2)C(=O)Cn2cnc3ccc(Br)cc3c2=O)c1. The maximum absolute atomic E-state index is 13.3. The van der Waals surface area contributed by atoms with Gasteiger partial charge in [0.2, 0.25) is 5.91 Å². The van der Waals surface area contributed by atoms with Gasteiger partial charge in [-0.1, -0.05) is 28.1 Å². The normalized spacial score (nSPS) is 15.9. The van der Waals surface area contributed by atoms with Crippen molar-refractivity contribution in [1.82, 2.24) is 14.5 Å². The van der Waals surface area contributed by atoms with Gasteiger partial charge < -0.3 is 14.4 Å². The zero-order chi connectivity index (χ0) is 21.8. The van der Waals surface area contributed by atoms with Crippen molar-refractivity contribution >= 4 is 32.7 Å². The second kappa shape index (κ2) is 9.62.